The number of hydrogen-bond donors (Lipinski definition) is 0. The summed E-state index contributed by atoms with van der Waals surface area (Å²) in [5, 5.41) is 0. The molecule has 1 fully saturated rings. The molecule has 2 heteroatoms. The van der Waals surface area contributed by atoms with Gasteiger partial charge in [-0.15, -0.1) is 0 Å². The quantitative estimate of drug-likeness (QED) is 0.365. The largest absolute Gasteiger partial charge is 0.358 e. The van der Waals surface area contributed by atoms with Crippen LogP contribution in [0.3, 0.4) is 0 Å². The first-order valence-electron chi connectivity index (χ1n) is 4.35. The molecule has 0 spiro atoms. The molecule has 1 aliphatic rings. The van der Waals surface area contributed by atoms with Crippen molar-refractivity contribution in [3.8, 4) is 0 Å². The highest BCUT2D eigenvalue weighted by Gasteiger charge is 2.51. The average molecular weight is 168 g/mol. The molecule has 0 aliphatic carbocycles. The maximum atomic E-state index is 10.3. The van der Waals surface area contributed by atoms with E-state index in [2.05, 4.69) is 19.9 Å². The van der Waals surface area contributed by atoms with Gasteiger partial charge >= 0.3 is 0 Å². The minimum Gasteiger partial charge on any atom is -0.358 e. The number of aldehydes is 1. The molecule has 68 valence electrons. The van der Waals surface area contributed by atoms with Crippen molar-refractivity contribution in [2.45, 2.75) is 45.3 Å². The first-order valence-corrected chi connectivity index (χ1v) is 4.35. The minimum atomic E-state index is -0.159. The predicted molar refractivity (Wildman–Crippen MR) is 48.0 cm³/mol. The van der Waals surface area contributed by atoms with E-state index in [0.717, 1.165) is 19.1 Å². The van der Waals surface area contributed by atoms with E-state index >= 15 is 0 Å². The Kier molecular flexibility index (Phi) is 2.68. The molecular formula is C10H16O2. The second-order valence-electron chi connectivity index (χ2n) is 3.81. The van der Waals surface area contributed by atoms with E-state index in [1.165, 1.54) is 5.57 Å². The molecule has 0 aromatic heterocycles. The number of ether oxygens (including phenoxy) is 1. The van der Waals surface area contributed by atoms with Gasteiger partial charge in [0.1, 0.15) is 6.10 Å². The highest BCUT2D eigenvalue weighted by Crippen LogP contribution is 2.38. The Morgan fingerprint density at radius 2 is 2.25 bits per heavy atom. The summed E-state index contributed by atoms with van der Waals surface area (Å²) in [5.41, 5.74) is 1.16. The smallest absolute Gasteiger partial charge is 0.151 e. The second kappa shape index (κ2) is 3.40. The van der Waals surface area contributed by atoms with Crippen molar-refractivity contribution in [2.24, 2.45) is 0 Å². The van der Waals surface area contributed by atoms with Gasteiger partial charge in [0.2, 0.25) is 0 Å². The van der Waals surface area contributed by atoms with Crippen LogP contribution in [-0.4, -0.2) is 18.0 Å². The molecule has 12 heavy (non-hydrogen) atoms. The lowest BCUT2D eigenvalue weighted by Gasteiger charge is -2.01. The third-order valence-corrected chi connectivity index (χ3v) is 2.26. The lowest BCUT2D eigenvalue weighted by atomic mass is 10.0. The van der Waals surface area contributed by atoms with Gasteiger partial charge in [0.05, 0.1) is 5.60 Å². The van der Waals surface area contributed by atoms with Gasteiger partial charge in [-0.05, 0) is 33.6 Å². The molecule has 1 rings (SSSR count). The molecule has 0 aromatic rings. The van der Waals surface area contributed by atoms with Gasteiger partial charge < -0.3 is 9.53 Å². The summed E-state index contributed by atoms with van der Waals surface area (Å²) >= 11 is 0. The van der Waals surface area contributed by atoms with Crippen molar-refractivity contribution < 1.29 is 9.53 Å². The zero-order valence-corrected chi connectivity index (χ0v) is 7.96. The van der Waals surface area contributed by atoms with Crippen LogP contribution >= 0.6 is 0 Å². The number of carbonyl (C=O) groups excluding carboxylic acids is 1. The van der Waals surface area contributed by atoms with Crippen LogP contribution in [0.4, 0.5) is 0 Å². The monoisotopic (exact) mass is 168 g/mol. The molecule has 1 heterocycles. The Bertz CT molecular complexity index is 204. The molecule has 0 bridgehead atoms. The van der Waals surface area contributed by atoms with E-state index in [1.807, 2.05) is 6.92 Å². The van der Waals surface area contributed by atoms with Crippen molar-refractivity contribution in [2.75, 3.05) is 0 Å². The molecule has 2 nitrogen and oxygen atoms in total. The summed E-state index contributed by atoms with van der Waals surface area (Å²) in [7, 11) is 0. The van der Waals surface area contributed by atoms with Crippen molar-refractivity contribution >= 4 is 6.29 Å². The standard InChI is InChI=1S/C10H16O2/c1-8(2)5-4-6-10(3)9(7-11)12-10/h5,7,9H,4,6H2,1-3H3/t9-,10-/m1/s1. The van der Waals surface area contributed by atoms with E-state index in [-0.39, 0.29) is 11.7 Å². The average Bonchev–Trinajstić information content (AvgIpc) is 2.61. The molecule has 0 amide bonds. The van der Waals surface area contributed by atoms with E-state index in [9.17, 15) is 4.79 Å². The van der Waals surface area contributed by atoms with Gasteiger partial charge in [0.15, 0.2) is 6.29 Å². The van der Waals surface area contributed by atoms with Gasteiger partial charge in [-0.3, -0.25) is 0 Å². The zero-order valence-electron chi connectivity index (χ0n) is 7.96. The number of hydrogen-bond acceptors (Lipinski definition) is 2. The molecular weight excluding hydrogens is 152 g/mol. The van der Waals surface area contributed by atoms with Crippen LogP contribution in [0.2, 0.25) is 0 Å². The number of epoxide rings is 1. The van der Waals surface area contributed by atoms with Gasteiger partial charge in [-0.2, -0.15) is 0 Å². The van der Waals surface area contributed by atoms with Crippen LogP contribution < -0.4 is 0 Å². The fourth-order valence-corrected chi connectivity index (χ4v) is 1.28. The van der Waals surface area contributed by atoms with E-state index in [1.54, 1.807) is 0 Å². The normalized spacial score (nSPS) is 32.8. The predicted octanol–water partition coefficient (Wildman–Crippen LogP) is 2.09. The Hall–Kier alpha value is -0.630. The van der Waals surface area contributed by atoms with Gasteiger partial charge in [0, 0.05) is 0 Å². The first-order chi connectivity index (χ1) is 5.58. The SMILES string of the molecule is CC(C)=CCC[C@@]1(C)O[C@@H]1C=O. The highest BCUT2D eigenvalue weighted by molar-refractivity contribution is 5.62. The molecule has 0 radical (unpaired) electrons. The van der Waals surface area contributed by atoms with Crippen molar-refractivity contribution in [3.63, 3.8) is 0 Å². The molecule has 2 atom stereocenters. The van der Waals surface area contributed by atoms with Crippen LogP contribution in [0.15, 0.2) is 11.6 Å². The van der Waals surface area contributed by atoms with E-state index in [0.29, 0.717) is 0 Å². The van der Waals surface area contributed by atoms with Crippen molar-refractivity contribution in [1.29, 1.82) is 0 Å². The second-order valence-corrected chi connectivity index (χ2v) is 3.81. The summed E-state index contributed by atoms with van der Waals surface area (Å²) in [5.74, 6) is 0. The van der Waals surface area contributed by atoms with Crippen LogP contribution in [0.5, 0.6) is 0 Å². The van der Waals surface area contributed by atoms with Gasteiger partial charge in [-0.1, -0.05) is 11.6 Å². The number of allylic oxidation sites excluding steroid dienone is 2. The summed E-state index contributed by atoms with van der Waals surface area (Å²) in [4.78, 5) is 10.3. The Morgan fingerprint density at radius 1 is 1.58 bits per heavy atom. The fourth-order valence-electron chi connectivity index (χ4n) is 1.28. The van der Waals surface area contributed by atoms with Crippen LogP contribution in [0.1, 0.15) is 33.6 Å². The lowest BCUT2D eigenvalue weighted by Crippen LogP contribution is -2.09. The molecule has 0 unspecified atom stereocenters. The maximum absolute atomic E-state index is 10.3. The topological polar surface area (TPSA) is 29.6 Å². The molecule has 0 aromatic carbocycles. The van der Waals surface area contributed by atoms with Crippen LogP contribution in [0.25, 0.3) is 0 Å². The Balaban J connectivity index is 2.25. The molecule has 0 N–H and O–H groups in total. The van der Waals surface area contributed by atoms with Crippen molar-refractivity contribution in [3.05, 3.63) is 11.6 Å². The fraction of sp³-hybridized carbons (Fsp3) is 0.700. The van der Waals surface area contributed by atoms with Crippen LogP contribution in [-0.2, 0) is 9.53 Å². The third-order valence-electron chi connectivity index (χ3n) is 2.26. The van der Waals surface area contributed by atoms with E-state index < -0.39 is 0 Å². The molecule has 0 saturated carbocycles. The lowest BCUT2D eigenvalue weighted by molar-refractivity contribution is -0.108. The zero-order chi connectivity index (χ0) is 9.19. The number of rotatable bonds is 4. The highest BCUT2D eigenvalue weighted by atomic mass is 16.6. The van der Waals surface area contributed by atoms with Crippen LogP contribution in [0, 0.1) is 0 Å². The van der Waals surface area contributed by atoms with Crippen molar-refractivity contribution in [1.82, 2.24) is 0 Å². The summed E-state index contributed by atoms with van der Waals surface area (Å²) < 4.78 is 5.24. The summed E-state index contributed by atoms with van der Waals surface area (Å²) in [6, 6.07) is 0. The minimum absolute atomic E-state index is 0.150. The van der Waals surface area contributed by atoms with E-state index in [4.69, 9.17) is 4.74 Å². The van der Waals surface area contributed by atoms with Gasteiger partial charge in [0.25, 0.3) is 0 Å². The van der Waals surface area contributed by atoms with Gasteiger partial charge in [-0.25, -0.2) is 0 Å². The Morgan fingerprint density at radius 3 is 2.67 bits per heavy atom. The Labute approximate surface area is 73.6 Å². The summed E-state index contributed by atoms with van der Waals surface area (Å²) in [6.45, 7) is 6.14. The number of carbonyl (C=O) groups is 1. The summed E-state index contributed by atoms with van der Waals surface area (Å²) in [6.07, 6.45) is 4.87. The third kappa shape index (κ3) is 2.18. The molecule has 1 aliphatic heterocycles. The molecule has 1 saturated heterocycles. The maximum Gasteiger partial charge on any atom is 0.151 e. The first kappa shape index (κ1) is 9.46.